The normalized spacial score (nSPS) is 16.5. The van der Waals surface area contributed by atoms with Gasteiger partial charge in [-0.1, -0.05) is 83.1 Å². The largest absolute Gasteiger partial charge is 0.481 e. The summed E-state index contributed by atoms with van der Waals surface area (Å²) in [4.78, 5) is 26.2. The van der Waals surface area contributed by atoms with Crippen molar-refractivity contribution < 1.29 is 29.6 Å². The third-order valence-corrected chi connectivity index (χ3v) is 6.46. The van der Waals surface area contributed by atoms with E-state index in [2.05, 4.69) is 5.32 Å². The maximum absolute atomic E-state index is 14.4. The molecule has 0 saturated heterocycles. The number of aliphatic hydroxyl groups excluding tert-OH is 1. The number of carbonyl (C=O) groups excluding carboxylic acids is 1. The Bertz CT molecular complexity index is 649. The van der Waals surface area contributed by atoms with Gasteiger partial charge in [0.1, 0.15) is 11.3 Å². The molecule has 0 fully saturated rings. The SMILES string of the molecule is CC(C)(C)C(O)(N[C@@H](CC(=O)O)C(=O)C(OCC(N)CO)(C(C)(C)C)C(C)(C)C)C(C)(C)C. The Morgan fingerprint density at radius 1 is 0.848 bits per heavy atom. The van der Waals surface area contributed by atoms with Crippen LogP contribution in [0.3, 0.4) is 0 Å². The number of carbonyl (C=O) groups is 2. The van der Waals surface area contributed by atoms with Gasteiger partial charge in [0.2, 0.25) is 0 Å². The molecule has 33 heavy (non-hydrogen) atoms. The van der Waals surface area contributed by atoms with E-state index in [1.165, 1.54) is 0 Å². The van der Waals surface area contributed by atoms with Gasteiger partial charge in [0.15, 0.2) is 5.78 Å². The predicted octanol–water partition coefficient (Wildman–Crippen LogP) is 2.94. The number of hydrogen-bond donors (Lipinski definition) is 5. The fraction of sp³-hybridized carbons (Fsp3) is 0.920. The Balaban J connectivity index is 6.92. The minimum Gasteiger partial charge on any atom is -0.481 e. The van der Waals surface area contributed by atoms with E-state index in [1.54, 1.807) is 0 Å². The van der Waals surface area contributed by atoms with Gasteiger partial charge in [-0.05, 0) is 10.8 Å². The molecule has 0 radical (unpaired) electrons. The second-order valence-electron chi connectivity index (χ2n) is 13.3. The molecule has 0 aliphatic carbocycles. The zero-order valence-corrected chi connectivity index (χ0v) is 22.9. The molecule has 8 heteroatoms. The summed E-state index contributed by atoms with van der Waals surface area (Å²) in [5, 5.41) is 34.0. The monoisotopic (exact) mass is 474 g/mol. The molecule has 0 amide bonds. The van der Waals surface area contributed by atoms with E-state index in [9.17, 15) is 24.9 Å². The van der Waals surface area contributed by atoms with Gasteiger partial charge < -0.3 is 25.8 Å². The summed E-state index contributed by atoms with van der Waals surface area (Å²) < 4.78 is 6.27. The van der Waals surface area contributed by atoms with Crippen LogP contribution in [0.15, 0.2) is 0 Å². The molecule has 6 N–H and O–H groups in total. The number of hydrogen-bond acceptors (Lipinski definition) is 7. The van der Waals surface area contributed by atoms with Crippen molar-refractivity contribution in [1.29, 1.82) is 0 Å². The first-order chi connectivity index (χ1) is 14.4. The third-order valence-electron chi connectivity index (χ3n) is 6.46. The van der Waals surface area contributed by atoms with Crippen LogP contribution >= 0.6 is 0 Å². The minimum atomic E-state index is -1.58. The number of aliphatic carboxylic acids is 1. The molecule has 0 aromatic rings. The molecule has 0 aliphatic heterocycles. The Morgan fingerprint density at radius 2 is 1.24 bits per heavy atom. The van der Waals surface area contributed by atoms with Gasteiger partial charge >= 0.3 is 5.97 Å². The van der Waals surface area contributed by atoms with Crippen molar-refractivity contribution in [2.24, 2.45) is 27.4 Å². The van der Waals surface area contributed by atoms with Crippen molar-refractivity contribution in [3.05, 3.63) is 0 Å². The van der Waals surface area contributed by atoms with Crippen molar-refractivity contribution in [2.75, 3.05) is 13.2 Å². The van der Waals surface area contributed by atoms with Crippen LogP contribution < -0.4 is 11.1 Å². The summed E-state index contributed by atoms with van der Waals surface area (Å²) >= 11 is 0. The van der Waals surface area contributed by atoms with Crippen molar-refractivity contribution in [1.82, 2.24) is 5.32 Å². The lowest BCUT2D eigenvalue weighted by Crippen LogP contribution is -2.71. The van der Waals surface area contributed by atoms with E-state index in [1.807, 2.05) is 83.1 Å². The first-order valence-electron chi connectivity index (χ1n) is 11.7. The van der Waals surface area contributed by atoms with E-state index in [-0.39, 0.29) is 13.2 Å². The highest BCUT2D eigenvalue weighted by Gasteiger charge is 2.61. The molecule has 0 heterocycles. The van der Waals surface area contributed by atoms with Gasteiger partial charge in [-0.15, -0.1) is 0 Å². The molecule has 0 saturated carbocycles. The second-order valence-corrected chi connectivity index (χ2v) is 13.3. The van der Waals surface area contributed by atoms with E-state index < -0.39 is 63.2 Å². The summed E-state index contributed by atoms with van der Waals surface area (Å²) in [5.74, 6) is -1.64. The van der Waals surface area contributed by atoms with E-state index in [0.29, 0.717) is 0 Å². The number of ketones is 1. The molecule has 0 rings (SSSR count). The van der Waals surface area contributed by atoms with Crippen LogP contribution in [0.25, 0.3) is 0 Å². The van der Waals surface area contributed by atoms with Crippen molar-refractivity contribution >= 4 is 11.8 Å². The molecule has 0 spiro atoms. The number of carboxylic acid groups (broad SMARTS) is 1. The Hall–Kier alpha value is -1.06. The first kappa shape index (κ1) is 31.9. The van der Waals surface area contributed by atoms with Gasteiger partial charge in [-0.3, -0.25) is 14.9 Å². The van der Waals surface area contributed by atoms with Crippen LogP contribution in [0.4, 0.5) is 0 Å². The lowest BCUT2D eigenvalue weighted by molar-refractivity contribution is -0.204. The van der Waals surface area contributed by atoms with Crippen LogP contribution in [0.5, 0.6) is 0 Å². The zero-order chi connectivity index (χ0) is 26.8. The summed E-state index contributed by atoms with van der Waals surface area (Å²) in [5.41, 5.74) is -0.145. The smallest absolute Gasteiger partial charge is 0.305 e. The maximum atomic E-state index is 14.4. The van der Waals surface area contributed by atoms with Crippen LogP contribution in [-0.2, 0) is 14.3 Å². The number of aliphatic hydroxyl groups is 2. The molecule has 0 aliphatic rings. The molecular weight excluding hydrogens is 424 g/mol. The molecule has 196 valence electrons. The molecule has 1 unspecified atom stereocenters. The maximum Gasteiger partial charge on any atom is 0.305 e. The summed E-state index contributed by atoms with van der Waals surface area (Å²) in [7, 11) is 0. The number of carboxylic acids is 1. The van der Waals surface area contributed by atoms with Gasteiger partial charge in [0, 0.05) is 10.8 Å². The summed E-state index contributed by atoms with van der Waals surface area (Å²) in [6.45, 7) is 21.8. The topological polar surface area (TPSA) is 142 Å². The summed E-state index contributed by atoms with van der Waals surface area (Å²) in [6, 6.07) is -1.94. The molecule has 0 aromatic carbocycles. The number of nitrogens with two attached hydrogens (primary N) is 1. The number of ether oxygens (including phenoxy) is 1. The van der Waals surface area contributed by atoms with Gasteiger partial charge in [0.05, 0.1) is 31.7 Å². The van der Waals surface area contributed by atoms with Gasteiger partial charge in [0.25, 0.3) is 0 Å². The van der Waals surface area contributed by atoms with Crippen molar-refractivity contribution in [3.8, 4) is 0 Å². The van der Waals surface area contributed by atoms with Gasteiger partial charge in [-0.25, -0.2) is 0 Å². The lowest BCUT2D eigenvalue weighted by atomic mass is 9.58. The highest BCUT2D eigenvalue weighted by Crippen LogP contribution is 2.49. The van der Waals surface area contributed by atoms with Crippen LogP contribution in [-0.4, -0.2) is 63.7 Å². The van der Waals surface area contributed by atoms with E-state index in [4.69, 9.17) is 10.5 Å². The predicted molar refractivity (Wildman–Crippen MR) is 131 cm³/mol. The average molecular weight is 475 g/mol. The second kappa shape index (κ2) is 10.3. The fourth-order valence-electron chi connectivity index (χ4n) is 5.09. The third kappa shape index (κ3) is 6.75. The minimum absolute atomic E-state index is 0.0839. The van der Waals surface area contributed by atoms with Gasteiger partial charge in [-0.2, -0.15) is 0 Å². The van der Waals surface area contributed by atoms with E-state index >= 15 is 0 Å². The molecule has 8 nitrogen and oxygen atoms in total. The average Bonchev–Trinajstić information content (AvgIpc) is 2.56. The quantitative estimate of drug-likeness (QED) is 0.304. The van der Waals surface area contributed by atoms with Crippen LogP contribution in [0.1, 0.15) is 89.5 Å². The van der Waals surface area contributed by atoms with Crippen molar-refractivity contribution in [2.45, 2.75) is 113 Å². The lowest BCUT2D eigenvalue weighted by Gasteiger charge is -2.55. The number of nitrogens with one attached hydrogen (secondary N) is 1. The van der Waals surface area contributed by atoms with Crippen molar-refractivity contribution in [3.63, 3.8) is 0 Å². The Kier molecular flexibility index (Phi) is 9.95. The highest BCUT2D eigenvalue weighted by molar-refractivity contribution is 5.96. The molecule has 0 bridgehead atoms. The van der Waals surface area contributed by atoms with Crippen LogP contribution in [0, 0.1) is 21.7 Å². The molecular formula is C25H50N2O6. The van der Waals surface area contributed by atoms with Crippen LogP contribution in [0.2, 0.25) is 0 Å². The summed E-state index contributed by atoms with van der Waals surface area (Å²) in [6.07, 6.45) is -0.531. The van der Waals surface area contributed by atoms with E-state index in [0.717, 1.165) is 0 Å². The standard InChI is InChI=1S/C25H50N2O6/c1-20(2,3)24(21(4,5)6,33-15-16(26)14-28)19(31)17(13-18(29)30)27-25(32,22(7,8)9)23(10,11)12/h16-17,27-28,32H,13-15,26H2,1-12H3,(H,29,30)/t16?,17-/m0/s1. The number of rotatable bonds is 10. The molecule has 2 atom stereocenters. The molecule has 0 aromatic heterocycles. The zero-order valence-electron chi connectivity index (χ0n) is 22.9. The fourth-order valence-corrected chi connectivity index (χ4v) is 5.09. The Morgan fingerprint density at radius 3 is 1.52 bits per heavy atom. The highest BCUT2D eigenvalue weighted by atomic mass is 16.5. The number of Topliss-reactive ketones (excluding diaryl/α,β-unsaturated/α-hetero) is 1. The Labute approximate surface area is 200 Å². The first-order valence-corrected chi connectivity index (χ1v) is 11.7.